The minimum Gasteiger partial charge on any atom is -0.454 e. The second-order valence-corrected chi connectivity index (χ2v) is 7.80. The number of hydrogen-bond donors (Lipinski definition) is 0. The molecule has 6 heteroatoms. The highest BCUT2D eigenvalue weighted by Gasteiger charge is 2.33. The van der Waals surface area contributed by atoms with E-state index < -0.39 is 0 Å². The summed E-state index contributed by atoms with van der Waals surface area (Å²) in [6.07, 6.45) is 6.30. The van der Waals surface area contributed by atoms with Crippen LogP contribution in [0.3, 0.4) is 0 Å². The van der Waals surface area contributed by atoms with Gasteiger partial charge in [-0.25, -0.2) is 0 Å². The van der Waals surface area contributed by atoms with Gasteiger partial charge in [0.1, 0.15) is 6.54 Å². The first-order valence-electron chi connectivity index (χ1n) is 9.33. The average molecular weight is 368 g/mol. The van der Waals surface area contributed by atoms with Crippen molar-refractivity contribution in [2.75, 3.05) is 19.9 Å². The molecule has 0 bridgehead atoms. The number of hydrogen-bond acceptors (Lipinski definition) is 4. The van der Waals surface area contributed by atoms with Crippen molar-refractivity contribution in [1.82, 2.24) is 9.47 Å². The van der Waals surface area contributed by atoms with Crippen molar-refractivity contribution in [1.29, 1.82) is 0 Å². The highest BCUT2D eigenvalue weighted by Crippen LogP contribution is 2.37. The molecule has 27 heavy (non-hydrogen) atoms. The van der Waals surface area contributed by atoms with Gasteiger partial charge < -0.3 is 18.9 Å². The Balaban J connectivity index is 1.42. The van der Waals surface area contributed by atoms with Crippen LogP contribution in [0.25, 0.3) is 0 Å². The van der Waals surface area contributed by atoms with Gasteiger partial charge in [0.05, 0.1) is 0 Å². The molecule has 2 aliphatic rings. The molecule has 1 aromatic carbocycles. The molecule has 2 aromatic rings. The molecule has 6 nitrogen and oxygen atoms in total. The van der Waals surface area contributed by atoms with Gasteiger partial charge in [-0.3, -0.25) is 9.59 Å². The minimum atomic E-state index is -0.0482. The third kappa shape index (κ3) is 3.99. The van der Waals surface area contributed by atoms with E-state index in [1.807, 2.05) is 11.0 Å². The maximum absolute atomic E-state index is 12.7. The fourth-order valence-electron chi connectivity index (χ4n) is 4.02. The molecule has 1 atom stereocenters. The summed E-state index contributed by atoms with van der Waals surface area (Å²) in [5.41, 5.74) is 1.19. The number of nitrogens with zero attached hydrogens (tertiary/aromatic N) is 2. The van der Waals surface area contributed by atoms with E-state index >= 15 is 0 Å². The quantitative estimate of drug-likeness (QED) is 0.832. The van der Waals surface area contributed by atoms with Crippen LogP contribution in [-0.2, 0) is 17.8 Å². The van der Waals surface area contributed by atoms with Crippen molar-refractivity contribution in [3.8, 4) is 11.5 Å². The molecule has 1 fully saturated rings. The van der Waals surface area contributed by atoms with Crippen molar-refractivity contribution in [2.45, 2.75) is 32.7 Å². The number of amides is 1. The summed E-state index contributed by atoms with van der Waals surface area (Å²) in [6, 6.07) is 9.05. The van der Waals surface area contributed by atoms with Gasteiger partial charge in [-0.1, -0.05) is 13.0 Å². The zero-order valence-corrected chi connectivity index (χ0v) is 15.5. The number of carbonyl (C=O) groups is 1. The van der Waals surface area contributed by atoms with Gasteiger partial charge in [-0.05, 0) is 42.4 Å². The Morgan fingerprint density at radius 2 is 1.93 bits per heavy atom. The van der Waals surface area contributed by atoms with E-state index in [0.717, 1.165) is 43.9 Å². The van der Waals surface area contributed by atoms with Crippen molar-refractivity contribution >= 4 is 5.91 Å². The number of fused-ring (bicyclic) bond motifs is 1. The summed E-state index contributed by atoms with van der Waals surface area (Å²) in [5.74, 6) is 1.69. The molecule has 1 amide bonds. The van der Waals surface area contributed by atoms with Crippen LogP contribution in [0.5, 0.6) is 11.5 Å². The fraction of sp³-hybridized carbons (Fsp3) is 0.429. The number of rotatable bonds is 4. The molecule has 1 unspecified atom stereocenters. The Labute approximate surface area is 158 Å². The molecule has 1 saturated heterocycles. The van der Waals surface area contributed by atoms with Gasteiger partial charge in [0, 0.05) is 37.6 Å². The van der Waals surface area contributed by atoms with E-state index in [9.17, 15) is 9.59 Å². The molecule has 0 saturated carbocycles. The third-order valence-corrected chi connectivity index (χ3v) is 5.38. The second kappa shape index (κ2) is 7.10. The molecule has 2 aliphatic heterocycles. The number of piperidine rings is 1. The van der Waals surface area contributed by atoms with Gasteiger partial charge >= 0.3 is 0 Å². The first-order chi connectivity index (χ1) is 13.0. The zero-order chi connectivity index (χ0) is 18.9. The van der Waals surface area contributed by atoms with Crippen LogP contribution in [0.1, 0.15) is 25.3 Å². The Kier molecular flexibility index (Phi) is 4.64. The lowest BCUT2D eigenvalue weighted by atomic mass is 9.77. The Bertz CT molecular complexity index is 887. The number of ether oxygens (including phenoxy) is 2. The largest absolute Gasteiger partial charge is 0.454 e. The van der Waals surface area contributed by atoms with Gasteiger partial charge in [-0.15, -0.1) is 0 Å². The summed E-state index contributed by atoms with van der Waals surface area (Å²) >= 11 is 0. The highest BCUT2D eigenvalue weighted by atomic mass is 16.7. The van der Waals surface area contributed by atoms with E-state index in [2.05, 4.69) is 19.1 Å². The number of carbonyl (C=O) groups excluding carboxylic acids is 1. The molecule has 4 rings (SSSR count). The van der Waals surface area contributed by atoms with Crippen molar-refractivity contribution < 1.29 is 14.3 Å². The van der Waals surface area contributed by atoms with Crippen LogP contribution in [0.4, 0.5) is 0 Å². The smallest absolute Gasteiger partial charge is 0.242 e. The summed E-state index contributed by atoms with van der Waals surface area (Å²) in [5, 5.41) is 0. The van der Waals surface area contributed by atoms with Crippen molar-refractivity contribution in [3.63, 3.8) is 0 Å². The van der Waals surface area contributed by atoms with E-state index in [1.54, 1.807) is 17.0 Å². The summed E-state index contributed by atoms with van der Waals surface area (Å²) in [7, 11) is 0. The van der Waals surface area contributed by atoms with Crippen molar-refractivity contribution in [2.24, 2.45) is 5.41 Å². The molecule has 142 valence electrons. The van der Waals surface area contributed by atoms with Crippen LogP contribution < -0.4 is 14.9 Å². The van der Waals surface area contributed by atoms with Crippen LogP contribution in [0.2, 0.25) is 0 Å². The number of aromatic nitrogens is 1. The Morgan fingerprint density at radius 1 is 1.15 bits per heavy atom. The molecule has 0 radical (unpaired) electrons. The predicted octanol–water partition coefficient (Wildman–Crippen LogP) is 2.45. The van der Waals surface area contributed by atoms with Gasteiger partial charge in [0.2, 0.25) is 12.7 Å². The first-order valence-corrected chi connectivity index (χ1v) is 9.33. The summed E-state index contributed by atoms with van der Waals surface area (Å²) in [4.78, 5) is 25.9. The average Bonchev–Trinajstić information content (AvgIpc) is 3.11. The van der Waals surface area contributed by atoms with Gasteiger partial charge in [0.15, 0.2) is 16.9 Å². The summed E-state index contributed by atoms with van der Waals surface area (Å²) < 4.78 is 12.6. The lowest BCUT2D eigenvalue weighted by molar-refractivity contribution is -0.135. The highest BCUT2D eigenvalue weighted by molar-refractivity contribution is 5.76. The van der Waals surface area contributed by atoms with Crippen molar-refractivity contribution in [3.05, 3.63) is 58.5 Å². The van der Waals surface area contributed by atoms with Crippen LogP contribution in [-0.4, -0.2) is 35.3 Å². The molecule has 0 aliphatic carbocycles. The maximum Gasteiger partial charge on any atom is 0.242 e. The Morgan fingerprint density at radius 3 is 2.74 bits per heavy atom. The molecular formula is C21H24N2O4. The number of pyridine rings is 1. The maximum atomic E-state index is 12.7. The Hall–Kier alpha value is -2.76. The standard InChI is InChI=1S/C21H24N2O4/c1-21(12-16-3-4-18-19(11-16)27-15-26-18)7-2-8-23(14-21)20(25)13-22-9-5-17(24)6-10-22/h3-6,9-11H,2,7-8,12-15H2,1H3. The van der Waals surface area contributed by atoms with E-state index in [1.165, 1.54) is 17.7 Å². The number of likely N-dealkylation sites (tertiary alicyclic amines) is 1. The SMILES string of the molecule is CC1(Cc2ccc3c(c2)OCO3)CCCN(C(=O)Cn2ccc(=O)cc2)C1. The zero-order valence-electron chi connectivity index (χ0n) is 15.5. The summed E-state index contributed by atoms with van der Waals surface area (Å²) in [6.45, 7) is 4.32. The van der Waals surface area contributed by atoms with E-state index in [0.29, 0.717) is 0 Å². The molecule has 0 N–H and O–H groups in total. The third-order valence-electron chi connectivity index (χ3n) is 5.38. The molecular weight excluding hydrogens is 344 g/mol. The topological polar surface area (TPSA) is 60.8 Å². The first kappa shape index (κ1) is 17.6. The van der Waals surface area contributed by atoms with Gasteiger partial charge in [-0.2, -0.15) is 0 Å². The van der Waals surface area contributed by atoms with Crippen LogP contribution >= 0.6 is 0 Å². The predicted molar refractivity (Wildman–Crippen MR) is 101 cm³/mol. The molecule has 1 aromatic heterocycles. The monoisotopic (exact) mass is 368 g/mol. The van der Waals surface area contributed by atoms with Crippen LogP contribution in [0, 0.1) is 5.41 Å². The van der Waals surface area contributed by atoms with E-state index in [-0.39, 0.29) is 30.1 Å². The lowest BCUT2D eigenvalue weighted by Gasteiger charge is -2.41. The van der Waals surface area contributed by atoms with Crippen LogP contribution in [0.15, 0.2) is 47.5 Å². The normalized spacial score (nSPS) is 21.3. The second-order valence-electron chi connectivity index (χ2n) is 7.80. The minimum absolute atomic E-state index is 0.0329. The fourth-order valence-corrected chi connectivity index (χ4v) is 4.02. The van der Waals surface area contributed by atoms with E-state index in [4.69, 9.17) is 9.47 Å². The lowest BCUT2D eigenvalue weighted by Crippen LogP contribution is -2.46. The van der Waals surface area contributed by atoms with Gasteiger partial charge in [0.25, 0.3) is 0 Å². The molecule has 3 heterocycles. The molecule has 0 spiro atoms. The number of benzene rings is 1.